The minimum Gasteiger partial charge on any atom is -0.345 e. The average molecular weight is 955 g/mol. The third-order valence-corrected chi connectivity index (χ3v) is 18.3. The zero-order valence-corrected chi connectivity index (χ0v) is 41.7. The van der Waals surface area contributed by atoms with Gasteiger partial charge in [-0.05, 0) is 98.9 Å². The Balaban J connectivity index is 1.44. The average Bonchev–Trinajstić information content (AvgIpc) is 3.21. The van der Waals surface area contributed by atoms with Crippen molar-refractivity contribution < 1.29 is 45.5 Å². The number of carbonyl (C=O) groups is 4. The van der Waals surface area contributed by atoms with Gasteiger partial charge in [0.1, 0.15) is 12.1 Å². The van der Waals surface area contributed by atoms with Crippen LogP contribution in [0.5, 0.6) is 0 Å². The summed E-state index contributed by atoms with van der Waals surface area (Å²) in [5, 5.41) is 13.9. The van der Waals surface area contributed by atoms with Gasteiger partial charge in [0.2, 0.25) is 31.0 Å². The summed E-state index contributed by atoms with van der Waals surface area (Å²) in [5.41, 5.74) is 1.49. The van der Waals surface area contributed by atoms with Gasteiger partial charge in [-0.25, -0.2) is 16.8 Å². The topological polar surface area (TPSA) is 222 Å². The lowest BCUT2D eigenvalue weighted by Crippen LogP contribution is -2.53. The molecule has 17 heteroatoms. The highest BCUT2D eigenvalue weighted by molar-refractivity contribution is 7.93. The predicted octanol–water partition coefficient (Wildman–Crippen LogP) is 6.14. The number of rotatable bonds is 20. The molecule has 0 saturated heterocycles. The van der Waals surface area contributed by atoms with E-state index in [0.29, 0.717) is 0 Å². The monoisotopic (exact) mass is 954 g/mol. The summed E-state index contributed by atoms with van der Waals surface area (Å²) in [7, 11) is -11.9. The minimum absolute atomic E-state index is 0.0689. The van der Waals surface area contributed by atoms with Crippen molar-refractivity contribution in [2.45, 2.75) is 104 Å². The maximum absolute atomic E-state index is 14.0. The fourth-order valence-corrected chi connectivity index (χ4v) is 10.7. The van der Waals surface area contributed by atoms with Crippen molar-refractivity contribution in [3.63, 3.8) is 0 Å². The Morgan fingerprint density at radius 2 is 1.00 bits per heavy atom. The highest BCUT2D eigenvalue weighted by atomic mass is 32.2. The number of nitrogens with one attached hydrogen (secondary N) is 4. The number of hydrogen-bond acceptors (Lipinski definition) is 9. The first-order valence-corrected chi connectivity index (χ1v) is 27.2. The molecule has 0 radical (unpaired) electrons. The Morgan fingerprint density at radius 1 is 0.569 bits per heavy atom. The highest BCUT2D eigenvalue weighted by Crippen LogP contribution is 2.37. The fourth-order valence-electron chi connectivity index (χ4n) is 7.16. The first-order valence-electron chi connectivity index (χ1n) is 21.9. The molecule has 0 aromatic heterocycles. The summed E-state index contributed by atoms with van der Waals surface area (Å²) in [6.07, 6.45) is -1.41. The lowest BCUT2D eigenvalue weighted by molar-refractivity contribution is -0.131. The Morgan fingerprint density at radius 3 is 1.48 bits per heavy atom. The summed E-state index contributed by atoms with van der Waals surface area (Å²) in [6, 6.07) is 24.0. The molecule has 65 heavy (non-hydrogen) atoms. The fraction of sp³-hybridized carbons (Fsp3) is 0.500. The maximum Gasteiger partial charge on any atom is 0.243 e. The molecular formula is C48H67N4O10PS2. The van der Waals surface area contributed by atoms with Gasteiger partial charge >= 0.3 is 0 Å². The molecule has 0 heterocycles. The van der Waals surface area contributed by atoms with Crippen LogP contribution < -0.4 is 21.3 Å². The van der Waals surface area contributed by atoms with Gasteiger partial charge in [0.25, 0.3) is 0 Å². The molecule has 0 aliphatic carbocycles. The van der Waals surface area contributed by atoms with Crippen molar-refractivity contribution in [1.82, 2.24) is 21.3 Å². The molecule has 4 rings (SSSR count). The van der Waals surface area contributed by atoms with E-state index in [0.717, 1.165) is 32.7 Å². The molecule has 0 bridgehead atoms. The van der Waals surface area contributed by atoms with Crippen LogP contribution >= 0.6 is 7.37 Å². The molecule has 0 fully saturated rings. The Hall–Kier alpha value is -4.63. The zero-order valence-electron chi connectivity index (χ0n) is 39.2. The van der Waals surface area contributed by atoms with Crippen LogP contribution in [0.1, 0.15) is 80.4 Å². The zero-order chi connectivity index (χ0) is 48.7. The maximum atomic E-state index is 14.0. The third-order valence-electron chi connectivity index (χ3n) is 11.6. The SMILES string of the molecule is CC(C)[C@H](NC(=O)[C@H](Cc1ccc2ccccc2c1)CS(=O)(=O)C(C)(C)C)C(=O)NCP(=O)(O)CNC(=O)[C@@H](NC(=O)[C@H](Cc1cccc2ccccc12)CS(=O)(=O)C(C)(C)C)C(C)C. The summed E-state index contributed by atoms with van der Waals surface area (Å²) >= 11 is 0. The van der Waals surface area contributed by atoms with Crippen LogP contribution in [0.25, 0.3) is 21.5 Å². The standard InChI is InChI=1S/C48H67N4O10PS2/c1-31(2)41(51-43(53)38(27-64(59,60)47(5,6)7)25-33-22-23-34-16-11-12-18-36(34)24-33)45(55)49-29-63(57,58)30-50-46(56)42(32(3)4)52-44(54)39(28-65(61,62)48(8,9)10)26-37-20-15-19-35-17-13-14-21-40(35)37/h11-24,31-32,38-39,41-42H,25-30H2,1-10H3,(H,49,55)(H,50,56)(H,51,53)(H,52,54)(H,57,58)/t38-,39-,41+,42+/m1/s1. The minimum atomic E-state index is -4.32. The molecule has 0 saturated carbocycles. The summed E-state index contributed by atoms with van der Waals surface area (Å²) in [4.78, 5) is 66.0. The van der Waals surface area contributed by atoms with E-state index in [1.807, 2.05) is 84.9 Å². The quantitative estimate of drug-likeness (QED) is 0.0637. The van der Waals surface area contributed by atoms with Crippen molar-refractivity contribution in [3.05, 3.63) is 96.1 Å². The second-order valence-electron chi connectivity index (χ2n) is 19.6. The number of sulfone groups is 2. The molecular weight excluding hydrogens is 888 g/mol. The van der Waals surface area contributed by atoms with Gasteiger partial charge < -0.3 is 26.2 Å². The number of benzene rings is 4. The van der Waals surface area contributed by atoms with Crippen LogP contribution in [0.15, 0.2) is 84.9 Å². The molecule has 1 unspecified atom stereocenters. The predicted molar refractivity (Wildman–Crippen MR) is 259 cm³/mol. The van der Waals surface area contributed by atoms with Crippen molar-refractivity contribution >= 4 is 72.2 Å². The van der Waals surface area contributed by atoms with E-state index in [-0.39, 0.29) is 12.8 Å². The van der Waals surface area contributed by atoms with Crippen LogP contribution in [0.2, 0.25) is 0 Å². The van der Waals surface area contributed by atoms with Crippen molar-refractivity contribution in [1.29, 1.82) is 0 Å². The molecule has 4 aromatic rings. The lowest BCUT2D eigenvalue weighted by Gasteiger charge is -2.28. The molecule has 14 nitrogen and oxygen atoms in total. The Bertz CT molecular complexity index is 2630. The van der Waals surface area contributed by atoms with Gasteiger partial charge in [0.15, 0.2) is 19.7 Å². The van der Waals surface area contributed by atoms with Crippen LogP contribution in [-0.2, 0) is 56.3 Å². The van der Waals surface area contributed by atoms with E-state index in [1.165, 1.54) is 0 Å². The van der Waals surface area contributed by atoms with E-state index in [4.69, 9.17) is 0 Å². The van der Waals surface area contributed by atoms with Gasteiger partial charge in [0.05, 0.1) is 45.4 Å². The number of amides is 4. The molecule has 0 aliphatic rings. The molecule has 5 atom stereocenters. The molecule has 356 valence electrons. The highest BCUT2D eigenvalue weighted by Gasteiger charge is 2.38. The summed E-state index contributed by atoms with van der Waals surface area (Å²) in [6.45, 7) is 16.0. The van der Waals surface area contributed by atoms with Gasteiger partial charge in [0, 0.05) is 0 Å². The molecule has 0 aliphatic heterocycles. The van der Waals surface area contributed by atoms with E-state index < -0.39 is 120 Å². The molecule has 4 aromatic carbocycles. The number of fused-ring (bicyclic) bond motifs is 2. The van der Waals surface area contributed by atoms with Crippen molar-refractivity contribution in [2.24, 2.45) is 23.7 Å². The second-order valence-corrected chi connectivity index (χ2v) is 27.5. The van der Waals surface area contributed by atoms with E-state index >= 15 is 0 Å². The van der Waals surface area contributed by atoms with Crippen LogP contribution in [0.3, 0.4) is 0 Å². The molecule has 5 N–H and O–H groups in total. The van der Waals surface area contributed by atoms with E-state index in [1.54, 1.807) is 69.2 Å². The first kappa shape index (κ1) is 53.0. The van der Waals surface area contributed by atoms with Gasteiger partial charge in [-0.15, -0.1) is 0 Å². The summed E-state index contributed by atoms with van der Waals surface area (Å²) in [5.74, 6) is -7.06. The Labute approximate surface area is 384 Å². The summed E-state index contributed by atoms with van der Waals surface area (Å²) < 4.78 is 64.8. The number of hydrogen-bond donors (Lipinski definition) is 5. The van der Waals surface area contributed by atoms with Gasteiger partial charge in [-0.1, -0.05) is 113 Å². The second kappa shape index (κ2) is 21.3. The van der Waals surface area contributed by atoms with Gasteiger partial charge in [-0.2, -0.15) is 0 Å². The first-order chi connectivity index (χ1) is 30.0. The number of carbonyl (C=O) groups excluding carboxylic acids is 4. The van der Waals surface area contributed by atoms with Gasteiger partial charge in [-0.3, -0.25) is 23.7 Å². The van der Waals surface area contributed by atoms with Crippen LogP contribution in [0.4, 0.5) is 0 Å². The van der Waals surface area contributed by atoms with Crippen LogP contribution in [-0.4, -0.2) is 91.0 Å². The normalized spacial score (nSPS) is 15.5. The van der Waals surface area contributed by atoms with E-state index in [2.05, 4.69) is 21.3 Å². The van der Waals surface area contributed by atoms with Crippen LogP contribution in [0, 0.1) is 23.7 Å². The molecule has 0 spiro atoms. The lowest BCUT2D eigenvalue weighted by atomic mass is 9.94. The van der Waals surface area contributed by atoms with Crippen molar-refractivity contribution in [2.75, 3.05) is 24.1 Å². The van der Waals surface area contributed by atoms with Crippen molar-refractivity contribution in [3.8, 4) is 0 Å². The third kappa shape index (κ3) is 14.4. The smallest absolute Gasteiger partial charge is 0.243 e. The Kier molecular flexibility index (Phi) is 17.4. The largest absolute Gasteiger partial charge is 0.345 e. The molecule has 4 amide bonds. The van der Waals surface area contributed by atoms with E-state index in [9.17, 15) is 45.5 Å².